The van der Waals surface area contributed by atoms with Crippen LogP contribution in [0.25, 0.3) is 10.7 Å². The molecule has 136 valence electrons. The standard InChI is InChI=1S/C17H25N5OS2/c1-10-6-4-7-13(11(10)2)19-16(23)12(3)25-17-21-20-15(22(17)18)14-8-5-9-24-14/h5,8-13H,4,6-7,18H2,1-3H3,(H,19,23)/t10-,11+,12+,13-/m1/s1. The molecule has 0 aromatic carbocycles. The van der Waals surface area contributed by atoms with Gasteiger partial charge >= 0.3 is 0 Å². The van der Waals surface area contributed by atoms with E-state index < -0.39 is 0 Å². The van der Waals surface area contributed by atoms with Crippen LogP contribution >= 0.6 is 23.1 Å². The SMILES string of the molecule is C[C@H]1[C@H](C)CCC[C@H]1NC(=O)[C@H](C)Sc1nnc(-c2cccs2)n1N. The Morgan fingerprint density at radius 1 is 1.44 bits per heavy atom. The fourth-order valence-corrected chi connectivity index (χ4v) is 4.71. The maximum atomic E-state index is 12.6. The zero-order valence-corrected chi connectivity index (χ0v) is 16.4. The highest BCUT2D eigenvalue weighted by molar-refractivity contribution is 8.00. The van der Waals surface area contributed by atoms with E-state index in [0.717, 1.165) is 11.3 Å². The van der Waals surface area contributed by atoms with Gasteiger partial charge < -0.3 is 11.2 Å². The topological polar surface area (TPSA) is 85.8 Å². The number of nitrogens with two attached hydrogens (primary N) is 1. The van der Waals surface area contributed by atoms with Crippen LogP contribution < -0.4 is 11.2 Å². The quantitative estimate of drug-likeness (QED) is 0.616. The van der Waals surface area contributed by atoms with E-state index in [2.05, 4.69) is 29.4 Å². The Labute approximate surface area is 156 Å². The van der Waals surface area contributed by atoms with E-state index in [1.165, 1.54) is 29.3 Å². The molecule has 0 bridgehead atoms. The van der Waals surface area contributed by atoms with Crippen LogP contribution in [-0.2, 0) is 4.79 Å². The van der Waals surface area contributed by atoms with Crippen LogP contribution in [0.3, 0.4) is 0 Å². The smallest absolute Gasteiger partial charge is 0.233 e. The molecule has 8 heteroatoms. The molecule has 3 N–H and O–H groups in total. The Bertz CT molecular complexity index is 715. The molecule has 25 heavy (non-hydrogen) atoms. The van der Waals surface area contributed by atoms with Crippen LogP contribution in [-0.4, -0.2) is 32.1 Å². The Morgan fingerprint density at radius 3 is 2.96 bits per heavy atom. The first-order valence-corrected chi connectivity index (χ1v) is 10.4. The summed E-state index contributed by atoms with van der Waals surface area (Å²) in [5, 5.41) is 13.8. The van der Waals surface area contributed by atoms with Crippen molar-refractivity contribution < 1.29 is 4.79 Å². The summed E-state index contributed by atoms with van der Waals surface area (Å²) in [6.45, 7) is 6.39. The van der Waals surface area contributed by atoms with Gasteiger partial charge in [0.1, 0.15) is 0 Å². The molecule has 0 spiro atoms. The summed E-state index contributed by atoms with van der Waals surface area (Å²) >= 11 is 2.90. The highest BCUT2D eigenvalue weighted by atomic mass is 32.2. The van der Waals surface area contributed by atoms with Crippen molar-refractivity contribution in [3.05, 3.63) is 17.5 Å². The minimum absolute atomic E-state index is 0.0385. The summed E-state index contributed by atoms with van der Waals surface area (Å²) in [6, 6.07) is 4.16. The van der Waals surface area contributed by atoms with E-state index >= 15 is 0 Å². The van der Waals surface area contributed by atoms with Crippen molar-refractivity contribution in [1.29, 1.82) is 0 Å². The Hall–Kier alpha value is -1.54. The fourth-order valence-electron chi connectivity index (χ4n) is 3.23. The van der Waals surface area contributed by atoms with Crippen molar-refractivity contribution in [3.8, 4) is 10.7 Å². The van der Waals surface area contributed by atoms with Crippen LogP contribution in [0, 0.1) is 11.8 Å². The maximum Gasteiger partial charge on any atom is 0.233 e. The molecule has 1 fully saturated rings. The molecule has 2 heterocycles. The van der Waals surface area contributed by atoms with Crippen molar-refractivity contribution in [1.82, 2.24) is 20.2 Å². The molecular formula is C17H25N5OS2. The van der Waals surface area contributed by atoms with Crippen LogP contribution in [0.5, 0.6) is 0 Å². The first-order chi connectivity index (χ1) is 12.0. The molecule has 2 aromatic rings. The summed E-state index contributed by atoms with van der Waals surface area (Å²) < 4.78 is 1.46. The van der Waals surface area contributed by atoms with Crippen molar-refractivity contribution >= 4 is 29.0 Å². The normalized spacial score (nSPS) is 24.8. The second-order valence-corrected chi connectivity index (χ2v) is 9.05. The number of aromatic nitrogens is 3. The molecule has 3 rings (SSSR count). The zero-order valence-electron chi connectivity index (χ0n) is 14.8. The number of nitrogen functional groups attached to an aromatic ring is 1. The summed E-state index contributed by atoms with van der Waals surface area (Å²) in [7, 11) is 0. The Balaban J connectivity index is 1.62. The molecular weight excluding hydrogens is 354 g/mol. The number of carbonyl (C=O) groups excluding carboxylic acids is 1. The van der Waals surface area contributed by atoms with Crippen LogP contribution in [0.1, 0.15) is 40.0 Å². The fraction of sp³-hybridized carbons (Fsp3) is 0.588. The molecule has 1 aliphatic rings. The van der Waals surface area contributed by atoms with E-state index in [0.29, 0.717) is 22.8 Å². The van der Waals surface area contributed by atoms with E-state index in [1.807, 2.05) is 24.4 Å². The number of carbonyl (C=O) groups is 1. The van der Waals surface area contributed by atoms with Gasteiger partial charge in [-0.15, -0.1) is 21.5 Å². The van der Waals surface area contributed by atoms with Crippen LogP contribution in [0.2, 0.25) is 0 Å². The monoisotopic (exact) mass is 379 g/mol. The molecule has 0 aliphatic heterocycles. The number of rotatable bonds is 5. The lowest BCUT2D eigenvalue weighted by molar-refractivity contribution is -0.121. The molecule has 1 saturated carbocycles. The Morgan fingerprint density at radius 2 is 2.24 bits per heavy atom. The summed E-state index contributed by atoms with van der Waals surface area (Å²) in [5.74, 6) is 7.94. The number of hydrogen-bond donors (Lipinski definition) is 2. The summed E-state index contributed by atoms with van der Waals surface area (Å²) in [6.07, 6.45) is 3.49. The highest BCUT2D eigenvalue weighted by Crippen LogP contribution is 2.31. The third kappa shape index (κ3) is 4.00. The average Bonchev–Trinajstić information content (AvgIpc) is 3.22. The minimum atomic E-state index is -0.271. The van der Waals surface area contributed by atoms with Gasteiger partial charge in [0.2, 0.25) is 11.1 Å². The van der Waals surface area contributed by atoms with Crippen molar-refractivity contribution in [2.24, 2.45) is 11.8 Å². The second-order valence-electron chi connectivity index (χ2n) is 6.80. The summed E-state index contributed by atoms with van der Waals surface area (Å²) in [5.41, 5.74) is 0. The molecule has 0 saturated heterocycles. The molecule has 4 atom stereocenters. The van der Waals surface area contributed by atoms with Crippen molar-refractivity contribution in [3.63, 3.8) is 0 Å². The molecule has 0 radical (unpaired) electrons. The average molecular weight is 380 g/mol. The van der Waals surface area contributed by atoms with Gasteiger partial charge in [-0.3, -0.25) is 4.79 Å². The zero-order chi connectivity index (χ0) is 18.0. The first kappa shape index (κ1) is 18.3. The van der Waals surface area contributed by atoms with E-state index in [4.69, 9.17) is 5.84 Å². The lowest BCUT2D eigenvalue weighted by Gasteiger charge is -2.35. The number of nitrogens with zero attached hydrogens (tertiary/aromatic N) is 3. The van der Waals surface area contributed by atoms with E-state index in [-0.39, 0.29) is 17.2 Å². The van der Waals surface area contributed by atoms with Crippen molar-refractivity contribution in [2.45, 2.75) is 56.5 Å². The minimum Gasteiger partial charge on any atom is -0.352 e. The van der Waals surface area contributed by atoms with Crippen LogP contribution in [0.4, 0.5) is 0 Å². The molecule has 2 aromatic heterocycles. The van der Waals surface area contributed by atoms with E-state index in [1.54, 1.807) is 11.3 Å². The lowest BCUT2D eigenvalue weighted by atomic mass is 9.78. The molecule has 1 aliphatic carbocycles. The predicted molar refractivity (Wildman–Crippen MR) is 103 cm³/mol. The van der Waals surface area contributed by atoms with Gasteiger partial charge in [-0.2, -0.15) is 0 Å². The second kappa shape index (κ2) is 7.78. The van der Waals surface area contributed by atoms with Gasteiger partial charge in [0.25, 0.3) is 0 Å². The predicted octanol–water partition coefficient (Wildman–Crippen LogP) is 3.14. The van der Waals surface area contributed by atoms with Crippen LogP contribution in [0.15, 0.2) is 22.7 Å². The van der Waals surface area contributed by atoms with Gasteiger partial charge in [-0.1, -0.05) is 44.5 Å². The first-order valence-electron chi connectivity index (χ1n) is 8.68. The molecule has 0 unspecified atom stereocenters. The Kier molecular flexibility index (Phi) is 5.68. The van der Waals surface area contributed by atoms with Gasteiger partial charge in [0.05, 0.1) is 10.1 Å². The highest BCUT2D eigenvalue weighted by Gasteiger charge is 2.30. The van der Waals surface area contributed by atoms with Gasteiger partial charge in [0, 0.05) is 6.04 Å². The summed E-state index contributed by atoms with van der Waals surface area (Å²) in [4.78, 5) is 13.5. The maximum absolute atomic E-state index is 12.6. The number of hydrogen-bond acceptors (Lipinski definition) is 6. The molecule has 6 nitrogen and oxygen atoms in total. The largest absolute Gasteiger partial charge is 0.352 e. The third-order valence-electron chi connectivity index (χ3n) is 5.09. The number of nitrogens with one attached hydrogen (secondary N) is 1. The third-order valence-corrected chi connectivity index (χ3v) is 7.01. The van der Waals surface area contributed by atoms with Gasteiger partial charge in [-0.05, 0) is 36.6 Å². The number of thioether (sulfide) groups is 1. The number of thiophene rings is 1. The van der Waals surface area contributed by atoms with Gasteiger partial charge in [0.15, 0.2) is 5.82 Å². The number of amides is 1. The van der Waals surface area contributed by atoms with E-state index in [9.17, 15) is 4.79 Å². The van der Waals surface area contributed by atoms with Gasteiger partial charge in [-0.25, -0.2) is 4.68 Å². The molecule has 1 amide bonds. The lowest BCUT2D eigenvalue weighted by Crippen LogP contribution is -2.46. The van der Waals surface area contributed by atoms with Crippen molar-refractivity contribution in [2.75, 3.05) is 5.84 Å².